The second-order valence-corrected chi connectivity index (χ2v) is 16.5. The normalized spacial score (nSPS) is 13.3. The zero-order valence-corrected chi connectivity index (χ0v) is 33.7. The molecule has 0 aliphatic carbocycles. The van der Waals surface area contributed by atoms with E-state index < -0.39 is 26.5 Å². The minimum absolute atomic E-state index is 0.0238. The van der Waals surface area contributed by atoms with Crippen LogP contribution in [0, 0.1) is 10.1 Å². The van der Waals surface area contributed by atoms with E-state index in [0.29, 0.717) is 24.7 Å². The van der Waals surface area contributed by atoms with Gasteiger partial charge in [-0.2, -0.15) is 0 Å². The Morgan fingerprint density at radius 3 is 2.35 bits per heavy atom. The highest BCUT2D eigenvalue weighted by Gasteiger charge is 2.25. The van der Waals surface area contributed by atoms with Crippen LogP contribution < -0.4 is 24.4 Å². The van der Waals surface area contributed by atoms with Gasteiger partial charge in [0.15, 0.2) is 0 Å². The Balaban J connectivity index is 1.04. The predicted molar refractivity (Wildman–Crippen MR) is 224 cm³/mol. The number of carbonyl (C=O) groups excluding carboxylic acids is 1. The van der Waals surface area contributed by atoms with E-state index >= 15 is 0 Å². The fraction of sp³-hybridized carbons (Fsp3) is 0.286. The minimum atomic E-state index is -4.40. The van der Waals surface area contributed by atoms with Gasteiger partial charge in [-0.25, -0.2) is 13.1 Å². The lowest BCUT2D eigenvalue weighted by Gasteiger charge is -2.36. The number of nitrogens with one attached hydrogen (secondary N) is 2. The van der Waals surface area contributed by atoms with Gasteiger partial charge in [0, 0.05) is 79.0 Å². The number of aromatic nitrogens is 1. The Labute approximate surface area is 337 Å². The topological polar surface area (TPSA) is 156 Å². The second kappa shape index (κ2) is 19.0. The monoisotopic (exact) mass is 810 g/mol. The number of anilines is 2. The Bertz CT molecular complexity index is 2270. The summed E-state index contributed by atoms with van der Waals surface area (Å²) in [5.74, 6) is 1.32. The van der Waals surface area contributed by atoms with E-state index in [2.05, 4.69) is 37.0 Å². The molecule has 1 aliphatic rings. The molecule has 4 aromatic carbocycles. The average molecular weight is 811 g/mol. The largest absolute Gasteiger partial charge is 0.492 e. The molecule has 6 rings (SSSR count). The van der Waals surface area contributed by atoms with Gasteiger partial charge in [-0.15, -0.1) is 11.8 Å². The van der Waals surface area contributed by atoms with E-state index in [1.54, 1.807) is 42.2 Å². The molecule has 298 valence electrons. The standard InChI is InChI=1S/C42H46N6O7S2/c1-4-54-37-25-34(27-43-28-37)33-22-31(23-36(24-33)55-30(2)3)29-46-17-19-47(20-18-46)35-12-10-32(11-13-35)42(49)45-57(52,53)39-14-15-40(41(26-39)48(50)51)44-16-21-56-38-8-6-5-7-9-38/h5-15,22-28,30,44H,4,16-21,29H2,1-3H3,(H,45,49). The van der Waals surface area contributed by atoms with Crippen LogP contribution in [-0.4, -0.2) is 80.3 Å². The van der Waals surface area contributed by atoms with E-state index in [1.807, 2.05) is 69.4 Å². The van der Waals surface area contributed by atoms with Crippen molar-refractivity contribution in [3.63, 3.8) is 0 Å². The van der Waals surface area contributed by atoms with Crippen molar-refractivity contribution in [2.24, 2.45) is 0 Å². The quantitative estimate of drug-likeness (QED) is 0.0414. The molecule has 15 heteroatoms. The van der Waals surface area contributed by atoms with Crippen molar-refractivity contribution in [2.45, 2.75) is 43.2 Å². The number of pyridine rings is 1. The van der Waals surface area contributed by atoms with Crippen molar-refractivity contribution in [2.75, 3.05) is 55.3 Å². The molecule has 1 saturated heterocycles. The fourth-order valence-electron chi connectivity index (χ4n) is 6.42. The van der Waals surface area contributed by atoms with Crippen LogP contribution in [0.25, 0.3) is 11.1 Å². The molecule has 2 N–H and O–H groups in total. The first kappa shape index (κ1) is 41.0. The van der Waals surface area contributed by atoms with Crippen LogP contribution in [0.2, 0.25) is 0 Å². The molecule has 1 aliphatic heterocycles. The summed E-state index contributed by atoms with van der Waals surface area (Å²) in [5, 5.41) is 14.9. The van der Waals surface area contributed by atoms with Crippen molar-refractivity contribution in [3.8, 4) is 22.6 Å². The number of nitro benzene ring substituents is 1. The van der Waals surface area contributed by atoms with E-state index in [0.717, 1.165) is 71.8 Å². The number of sulfonamides is 1. The van der Waals surface area contributed by atoms with Crippen molar-refractivity contribution in [3.05, 3.63) is 131 Å². The van der Waals surface area contributed by atoms with Gasteiger partial charge in [-0.1, -0.05) is 18.2 Å². The summed E-state index contributed by atoms with van der Waals surface area (Å²) >= 11 is 1.59. The summed E-state index contributed by atoms with van der Waals surface area (Å²) in [7, 11) is -4.40. The van der Waals surface area contributed by atoms with Crippen LogP contribution >= 0.6 is 11.8 Å². The fourth-order valence-corrected chi connectivity index (χ4v) is 8.20. The molecule has 0 radical (unpaired) electrons. The van der Waals surface area contributed by atoms with Crippen molar-refractivity contribution < 1.29 is 27.6 Å². The number of carbonyl (C=O) groups is 1. The number of piperazine rings is 1. The second-order valence-electron chi connectivity index (χ2n) is 13.6. The summed E-state index contributed by atoms with van der Waals surface area (Å²) in [6.45, 7) is 10.8. The number of benzene rings is 4. The molecule has 1 fully saturated rings. The highest BCUT2D eigenvalue weighted by molar-refractivity contribution is 7.99. The third-order valence-electron chi connectivity index (χ3n) is 9.10. The Morgan fingerprint density at radius 2 is 1.65 bits per heavy atom. The van der Waals surface area contributed by atoms with Crippen molar-refractivity contribution in [1.29, 1.82) is 0 Å². The lowest BCUT2D eigenvalue weighted by molar-refractivity contribution is -0.384. The van der Waals surface area contributed by atoms with Gasteiger partial charge in [-0.05, 0) is 105 Å². The summed E-state index contributed by atoms with van der Waals surface area (Å²) in [6, 6.07) is 28.3. The first-order valence-corrected chi connectivity index (χ1v) is 21.2. The summed E-state index contributed by atoms with van der Waals surface area (Å²) in [4.78, 5) is 33.9. The molecular formula is C42H46N6O7S2. The Kier molecular flexibility index (Phi) is 13.7. The van der Waals surface area contributed by atoms with Crippen molar-refractivity contribution >= 4 is 44.8 Å². The van der Waals surface area contributed by atoms with Crippen LogP contribution in [0.3, 0.4) is 0 Å². The first-order valence-electron chi connectivity index (χ1n) is 18.7. The van der Waals surface area contributed by atoms with Crippen LogP contribution in [0.5, 0.6) is 11.5 Å². The molecule has 1 amide bonds. The molecule has 0 atom stereocenters. The molecule has 0 unspecified atom stereocenters. The molecule has 57 heavy (non-hydrogen) atoms. The van der Waals surface area contributed by atoms with Gasteiger partial charge in [-0.3, -0.25) is 24.8 Å². The van der Waals surface area contributed by atoms with Crippen LogP contribution in [0.1, 0.15) is 36.7 Å². The molecule has 0 bridgehead atoms. The smallest absolute Gasteiger partial charge is 0.293 e. The number of amides is 1. The summed E-state index contributed by atoms with van der Waals surface area (Å²) < 4.78 is 40.2. The van der Waals surface area contributed by atoms with Gasteiger partial charge >= 0.3 is 0 Å². The number of rotatable bonds is 17. The van der Waals surface area contributed by atoms with Crippen LogP contribution in [0.4, 0.5) is 17.1 Å². The maximum absolute atomic E-state index is 13.2. The molecule has 13 nitrogen and oxygen atoms in total. The van der Waals surface area contributed by atoms with Crippen molar-refractivity contribution in [1.82, 2.24) is 14.6 Å². The van der Waals surface area contributed by atoms with E-state index in [4.69, 9.17) is 9.47 Å². The number of hydrogen-bond acceptors (Lipinski definition) is 12. The van der Waals surface area contributed by atoms with E-state index in [-0.39, 0.29) is 22.3 Å². The maximum Gasteiger partial charge on any atom is 0.293 e. The number of ether oxygens (including phenoxy) is 2. The Morgan fingerprint density at radius 1 is 0.912 bits per heavy atom. The first-order chi connectivity index (χ1) is 27.5. The molecule has 2 heterocycles. The molecular weight excluding hydrogens is 765 g/mol. The zero-order valence-electron chi connectivity index (χ0n) is 32.1. The number of nitro groups is 1. The lowest BCUT2D eigenvalue weighted by Crippen LogP contribution is -2.46. The van der Waals surface area contributed by atoms with Gasteiger partial charge in [0.1, 0.15) is 17.2 Å². The maximum atomic E-state index is 13.2. The minimum Gasteiger partial charge on any atom is -0.492 e. The van der Waals surface area contributed by atoms with Crippen LogP contribution in [0.15, 0.2) is 119 Å². The molecule has 0 spiro atoms. The lowest BCUT2D eigenvalue weighted by atomic mass is 10.0. The van der Waals surface area contributed by atoms with E-state index in [1.165, 1.54) is 12.1 Å². The van der Waals surface area contributed by atoms with Crippen LogP contribution in [-0.2, 0) is 16.6 Å². The predicted octanol–water partition coefficient (Wildman–Crippen LogP) is 7.49. The van der Waals surface area contributed by atoms with Gasteiger partial charge in [0.05, 0.1) is 28.7 Å². The average Bonchev–Trinajstić information content (AvgIpc) is 3.20. The SMILES string of the molecule is CCOc1cncc(-c2cc(CN3CCN(c4ccc(C(=O)NS(=O)(=O)c5ccc(NCCSc6ccccc6)c([N+](=O)[O-])c5)cc4)CC3)cc(OC(C)C)c2)c1. The highest BCUT2D eigenvalue weighted by atomic mass is 32.2. The number of thioether (sulfide) groups is 1. The van der Waals surface area contributed by atoms with Gasteiger partial charge < -0.3 is 19.7 Å². The molecule has 5 aromatic rings. The van der Waals surface area contributed by atoms with Gasteiger partial charge in [0.25, 0.3) is 21.6 Å². The van der Waals surface area contributed by atoms with Gasteiger partial charge in [0.2, 0.25) is 0 Å². The zero-order chi connectivity index (χ0) is 40.4. The summed E-state index contributed by atoms with van der Waals surface area (Å²) in [5.41, 5.74) is 3.92. The molecule has 0 saturated carbocycles. The third-order valence-corrected chi connectivity index (χ3v) is 11.4. The number of hydrogen-bond donors (Lipinski definition) is 2. The van der Waals surface area contributed by atoms with E-state index in [9.17, 15) is 23.3 Å². The Hall–Kier alpha value is -5.64. The summed E-state index contributed by atoms with van der Waals surface area (Å²) in [6.07, 6.45) is 3.56. The highest BCUT2D eigenvalue weighted by Crippen LogP contribution is 2.31. The third kappa shape index (κ3) is 11.2. The number of nitrogens with zero attached hydrogens (tertiary/aromatic N) is 4. The molecule has 1 aromatic heterocycles.